The van der Waals surface area contributed by atoms with Crippen molar-refractivity contribution in [3.8, 4) is 0 Å². The van der Waals surface area contributed by atoms with E-state index in [1.807, 2.05) is 42.5 Å². The maximum absolute atomic E-state index is 12.2. The number of urea groups is 2. The number of benzene rings is 3. The van der Waals surface area contributed by atoms with E-state index in [0.29, 0.717) is 30.0 Å². The van der Waals surface area contributed by atoms with Crippen LogP contribution in [0.4, 0.5) is 26.7 Å². The van der Waals surface area contributed by atoms with Gasteiger partial charge in [-0.1, -0.05) is 36.4 Å². The van der Waals surface area contributed by atoms with Crippen LogP contribution in [0.15, 0.2) is 78.9 Å². The van der Waals surface area contributed by atoms with Gasteiger partial charge < -0.3 is 21.3 Å². The molecule has 0 atom stereocenters. The molecule has 0 saturated heterocycles. The largest absolute Gasteiger partial charge is 0.337 e. The summed E-state index contributed by atoms with van der Waals surface area (Å²) in [7, 11) is 0. The monoisotopic (exact) mass is 431 g/mol. The van der Waals surface area contributed by atoms with Crippen molar-refractivity contribution in [2.24, 2.45) is 0 Å². The number of para-hydroxylation sites is 2. The van der Waals surface area contributed by atoms with Crippen molar-refractivity contribution in [2.45, 2.75) is 6.42 Å². The summed E-state index contributed by atoms with van der Waals surface area (Å²) < 4.78 is 1.14. The average Bonchev–Trinajstić information content (AvgIpc) is 3.17. The number of thiazole rings is 1. The third-order valence-electron chi connectivity index (χ3n) is 4.37. The minimum atomic E-state index is -0.358. The molecule has 0 aliphatic rings. The molecule has 0 saturated carbocycles. The van der Waals surface area contributed by atoms with Gasteiger partial charge in [-0.15, -0.1) is 11.3 Å². The number of carbonyl (C=O) groups is 2. The molecular formula is C23H21N5O2S. The van der Waals surface area contributed by atoms with Gasteiger partial charge in [0.1, 0.15) is 0 Å². The van der Waals surface area contributed by atoms with Crippen molar-refractivity contribution < 1.29 is 9.59 Å². The molecule has 1 heterocycles. The molecule has 156 valence electrons. The molecule has 0 unspecified atom stereocenters. The Morgan fingerprint density at radius 2 is 1.39 bits per heavy atom. The van der Waals surface area contributed by atoms with E-state index < -0.39 is 0 Å². The van der Waals surface area contributed by atoms with Crippen molar-refractivity contribution in [2.75, 3.05) is 22.5 Å². The third-order valence-corrected chi connectivity index (χ3v) is 5.47. The van der Waals surface area contributed by atoms with Gasteiger partial charge in [-0.25, -0.2) is 14.6 Å². The highest BCUT2D eigenvalue weighted by molar-refractivity contribution is 7.18. The van der Waals surface area contributed by atoms with E-state index in [2.05, 4.69) is 26.3 Å². The van der Waals surface area contributed by atoms with Crippen molar-refractivity contribution >= 4 is 50.7 Å². The SMILES string of the molecule is O=C(NCCc1nc2ccccc2s1)Nc1cccc(NC(=O)Nc2ccccc2)c1. The number of nitrogens with one attached hydrogen (secondary N) is 4. The summed E-state index contributed by atoms with van der Waals surface area (Å²) in [5.74, 6) is 0. The molecule has 0 aliphatic heterocycles. The summed E-state index contributed by atoms with van der Waals surface area (Å²) in [6.07, 6.45) is 0.661. The van der Waals surface area contributed by atoms with Gasteiger partial charge in [0.25, 0.3) is 0 Å². The molecule has 7 nitrogen and oxygen atoms in total. The Balaban J connectivity index is 1.25. The van der Waals surface area contributed by atoms with Crippen LogP contribution >= 0.6 is 11.3 Å². The fraction of sp³-hybridized carbons (Fsp3) is 0.0870. The molecule has 4 N–H and O–H groups in total. The molecule has 4 amide bonds. The summed E-state index contributed by atoms with van der Waals surface area (Å²) in [5.41, 5.74) is 2.82. The summed E-state index contributed by atoms with van der Waals surface area (Å²) in [5, 5.41) is 12.1. The molecular weight excluding hydrogens is 410 g/mol. The molecule has 31 heavy (non-hydrogen) atoms. The van der Waals surface area contributed by atoms with Crippen LogP contribution in [-0.4, -0.2) is 23.6 Å². The van der Waals surface area contributed by atoms with Crippen molar-refractivity contribution in [1.82, 2.24) is 10.3 Å². The van der Waals surface area contributed by atoms with Gasteiger partial charge in [-0.3, -0.25) is 0 Å². The second-order valence-electron chi connectivity index (χ2n) is 6.73. The Bertz CT molecular complexity index is 1160. The Labute approximate surface area is 183 Å². The summed E-state index contributed by atoms with van der Waals surface area (Å²) in [6.45, 7) is 0.475. The van der Waals surface area contributed by atoms with Crippen LogP contribution in [0.5, 0.6) is 0 Å². The van der Waals surface area contributed by atoms with Crippen molar-refractivity contribution in [3.05, 3.63) is 83.9 Å². The predicted molar refractivity (Wildman–Crippen MR) is 126 cm³/mol. The molecule has 0 bridgehead atoms. The van der Waals surface area contributed by atoms with Crippen LogP contribution in [0.2, 0.25) is 0 Å². The summed E-state index contributed by atoms with van der Waals surface area (Å²) in [6, 6.07) is 23.4. The van der Waals surface area contributed by atoms with Crippen LogP contribution in [0.25, 0.3) is 10.2 Å². The first-order valence-corrected chi connectivity index (χ1v) is 10.6. The number of hydrogen-bond donors (Lipinski definition) is 4. The summed E-state index contributed by atoms with van der Waals surface area (Å²) >= 11 is 1.63. The van der Waals surface area contributed by atoms with Crippen LogP contribution in [0.1, 0.15) is 5.01 Å². The maximum Gasteiger partial charge on any atom is 0.323 e. The van der Waals surface area contributed by atoms with Gasteiger partial charge in [0.05, 0.1) is 15.2 Å². The topological polar surface area (TPSA) is 95.2 Å². The van der Waals surface area contributed by atoms with Crippen LogP contribution < -0.4 is 21.3 Å². The average molecular weight is 432 g/mol. The lowest BCUT2D eigenvalue weighted by Crippen LogP contribution is -2.30. The number of fused-ring (bicyclic) bond motifs is 1. The Kier molecular flexibility index (Phi) is 6.39. The Hall–Kier alpha value is -3.91. The zero-order valence-corrected chi connectivity index (χ0v) is 17.4. The number of rotatable bonds is 6. The van der Waals surface area contributed by atoms with Crippen LogP contribution in [0.3, 0.4) is 0 Å². The molecule has 1 aromatic heterocycles. The van der Waals surface area contributed by atoms with E-state index in [9.17, 15) is 9.59 Å². The van der Waals surface area contributed by atoms with E-state index >= 15 is 0 Å². The molecule has 8 heteroatoms. The molecule has 4 rings (SSSR count). The normalized spacial score (nSPS) is 10.5. The maximum atomic E-state index is 12.2. The zero-order valence-electron chi connectivity index (χ0n) is 16.6. The van der Waals surface area contributed by atoms with Crippen molar-refractivity contribution in [1.29, 1.82) is 0 Å². The Morgan fingerprint density at radius 1 is 0.742 bits per heavy atom. The zero-order chi connectivity index (χ0) is 21.5. The number of anilines is 3. The highest BCUT2D eigenvalue weighted by atomic mass is 32.1. The first-order chi connectivity index (χ1) is 15.2. The number of aromatic nitrogens is 1. The van der Waals surface area contributed by atoms with E-state index in [4.69, 9.17) is 0 Å². The van der Waals surface area contributed by atoms with E-state index in [1.165, 1.54) is 0 Å². The third kappa shape index (κ3) is 5.80. The van der Waals surface area contributed by atoms with Crippen molar-refractivity contribution in [3.63, 3.8) is 0 Å². The highest BCUT2D eigenvalue weighted by Crippen LogP contribution is 2.21. The van der Waals surface area contributed by atoms with Gasteiger partial charge in [-0.2, -0.15) is 0 Å². The van der Waals surface area contributed by atoms with Gasteiger partial charge >= 0.3 is 12.1 Å². The van der Waals surface area contributed by atoms with E-state index in [-0.39, 0.29) is 12.1 Å². The van der Waals surface area contributed by atoms with Gasteiger partial charge in [-0.05, 0) is 42.5 Å². The molecule has 0 radical (unpaired) electrons. The standard InChI is InChI=1S/C23H21N5O2S/c29-22(24-14-13-21-28-19-11-4-5-12-20(19)31-21)26-17-9-6-10-18(15-17)27-23(30)25-16-7-2-1-3-8-16/h1-12,15H,13-14H2,(H2,24,26,29)(H2,25,27,30). The molecule has 4 aromatic rings. The number of nitrogens with zero attached hydrogens (tertiary/aromatic N) is 1. The predicted octanol–water partition coefficient (Wildman–Crippen LogP) is 5.30. The smallest absolute Gasteiger partial charge is 0.323 e. The minimum absolute atomic E-state index is 0.313. The fourth-order valence-corrected chi connectivity index (χ4v) is 3.94. The lowest BCUT2D eigenvalue weighted by Gasteiger charge is -2.10. The first-order valence-electron chi connectivity index (χ1n) is 9.78. The molecule has 0 fully saturated rings. The first kappa shape index (κ1) is 20.4. The minimum Gasteiger partial charge on any atom is -0.337 e. The van der Waals surface area contributed by atoms with Gasteiger partial charge in [0, 0.05) is 30.0 Å². The second-order valence-corrected chi connectivity index (χ2v) is 7.85. The fourth-order valence-electron chi connectivity index (χ4n) is 2.97. The lowest BCUT2D eigenvalue weighted by atomic mass is 10.3. The number of amides is 4. The second kappa shape index (κ2) is 9.73. The molecule has 0 aliphatic carbocycles. The van der Waals surface area contributed by atoms with E-state index in [0.717, 1.165) is 15.2 Å². The number of carbonyl (C=O) groups excluding carboxylic acids is 2. The quantitative estimate of drug-likeness (QED) is 0.333. The molecule has 0 spiro atoms. The van der Waals surface area contributed by atoms with E-state index in [1.54, 1.807) is 47.7 Å². The highest BCUT2D eigenvalue weighted by Gasteiger charge is 2.07. The summed E-state index contributed by atoms with van der Waals surface area (Å²) in [4.78, 5) is 28.9. The molecule has 3 aromatic carbocycles. The Morgan fingerprint density at radius 3 is 2.16 bits per heavy atom. The lowest BCUT2D eigenvalue weighted by molar-refractivity contribution is 0.252. The van der Waals surface area contributed by atoms with Crippen LogP contribution in [-0.2, 0) is 6.42 Å². The van der Waals surface area contributed by atoms with Gasteiger partial charge in [0.2, 0.25) is 0 Å². The number of hydrogen-bond acceptors (Lipinski definition) is 4. The van der Waals surface area contributed by atoms with Gasteiger partial charge in [0.15, 0.2) is 0 Å². The van der Waals surface area contributed by atoms with Crippen LogP contribution in [0, 0.1) is 0 Å².